The molecule has 1 saturated carbocycles. The zero-order valence-electron chi connectivity index (χ0n) is 14.9. The maximum Gasteiger partial charge on any atom is 0.354 e. The number of nitro groups is 1. The van der Waals surface area contributed by atoms with Gasteiger partial charge in [-0.1, -0.05) is 43.9 Å². The highest BCUT2D eigenvalue weighted by atomic mass is 16.6. The van der Waals surface area contributed by atoms with E-state index >= 15 is 0 Å². The SMILES string of the molecule is O=C(NNc1ncnc(NC2CCCCCC2)c1[N+](=O)[O-])c1ccccc1. The summed E-state index contributed by atoms with van der Waals surface area (Å²) in [5.74, 6) is -0.310. The second-order valence-electron chi connectivity index (χ2n) is 6.45. The predicted octanol–water partition coefficient (Wildman–Crippen LogP) is 3.28. The van der Waals surface area contributed by atoms with E-state index in [1.165, 1.54) is 19.2 Å². The molecule has 0 radical (unpaired) electrons. The smallest absolute Gasteiger partial charge is 0.354 e. The summed E-state index contributed by atoms with van der Waals surface area (Å²) in [6.07, 6.45) is 7.70. The molecule has 0 unspecified atom stereocenters. The molecule has 2 aromatic rings. The van der Waals surface area contributed by atoms with Crippen molar-refractivity contribution in [1.29, 1.82) is 0 Å². The van der Waals surface area contributed by atoms with E-state index < -0.39 is 10.8 Å². The fourth-order valence-corrected chi connectivity index (χ4v) is 3.14. The molecule has 0 saturated heterocycles. The summed E-state index contributed by atoms with van der Waals surface area (Å²) in [4.78, 5) is 31.2. The van der Waals surface area contributed by atoms with Gasteiger partial charge in [-0.05, 0) is 25.0 Å². The zero-order valence-corrected chi connectivity index (χ0v) is 14.9. The Kier molecular flexibility index (Phi) is 6.14. The molecule has 0 atom stereocenters. The Hall–Kier alpha value is -3.23. The molecule has 3 rings (SSSR count). The third-order valence-corrected chi connectivity index (χ3v) is 4.53. The summed E-state index contributed by atoms with van der Waals surface area (Å²) in [6, 6.07) is 8.70. The van der Waals surface area contributed by atoms with Crippen molar-refractivity contribution in [2.24, 2.45) is 0 Å². The van der Waals surface area contributed by atoms with Crippen molar-refractivity contribution in [3.8, 4) is 0 Å². The van der Waals surface area contributed by atoms with Crippen LogP contribution in [0.15, 0.2) is 36.7 Å². The minimum absolute atomic E-state index is 0.0598. The number of nitrogens with one attached hydrogen (secondary N) is 3. The Labute approximate surface area is 156 Å². The van der Waals surface area contributed by atoms with Gasteiger partial charge in [-0.25, -0.2) is 9.97 Å². The van der Waals surface area contributed by atoms with E-state index in [0.29, 0.717) is 5.56 Å². The number of anilines is 2. The molecule has 3 N–H and O–H groups in total. The molecule has 1 aliphatic rings. The summed E-state index contributed by atoms with van der Waals surface area (Å²) in [7, 11) is 0. The van der Waals surface area contributed by atoms with Crippen LogP contribution in [0.5, 0.6) is 0 Å². The number of carbonyl (C=O) groups is 1. The average molecular weight is 370 g/mol. The van der Waals surface area contributed by atoms with Crippen molar-refractivity contribution in [3.05, 3.63) is 52.3 Å². The summed E-state index contributed by atoms with van der Waals surface area (Å²) in [6.45, 7) is 0. The lowest BCUT2D eigenvalue weighted by atomic mass is 10.1. The first-order chi connectivity index (χ1) is 13.1. The van der Waals surface area contributed by atoms with Gasteiger partial charge in [-0.15, -0.1) is 0 Å². The maximum absolute atomic E-state index is 12.1. The molecule has 1 aromatic heterocycles. The molecule has 1 aromatic carbocycles. The summed E-state index contributed by atoms with van der Waals surface area (Å²) >= 11 is 0. The summed E-state index contributed by atoms with van der Waals surface area (Å²) in [5.41, 5.74) is 5.14. The molecule has 1 fully saturated rings. The molecule has 1 aliphatic carbocycles. The molecular formula is C18H22N6O3. The molecule has 0 aliphatic heterocycles. The first-order valence-corrected chi connectivity index (χ1v) is 9.02. The lowest BCUT2D eigenvalue weighted by molar-refractivity contribution is -0.383. The number of amides is 1. The standard InChI is InChI=1S/C18H22N6O3/c25-18(13-8-4-3-5-9-13)23-22-17-15(24(26)27)16(19-12-20-17)21-14-10-6-1-2-7-11-14/h3-5,8-9,12,14H,1-2,6-7,10-11H2,(H,23,25)(H2,19,20,21,22). The van der Waals surface area contributed by atoms with Crippen molar-refractivity contribution in [2.75, 3.05) is 10.7 Å². The lowest BCUT2D eigenvalue weighted by Crippen LogP contribution is -2.30. The van der Waals surface area contributed by atoms with Crippen molar-refractivity contribution in [2.45, 2.75) is 44.6 Å². The van der Waals surface area contributed by atoms with Crippen LogP contribution in [0, 0.1) is 10.1 Å². The Bertz CT molecular complexity index is 791. The van der Waals surface area contributed by atoms with Crippen LogP contribution >= 0.6 is 0 Å². The van der Waals surface area contributed by atoms with Crippen LogP contribution in [0.25, 0.3) is 0 Å². The Morgan fingerprint density at radius 1 is 1.04 bits per heavy atom. The van der Waals surface area contributed by atoms with Gasteiger partial charge in [0.25, 0.3) is 5.91 Å². The van der Waals surface area contributed by atoms with Gasteiger partial charge < -0.3 is 5.32 Å². The van der Waals surface area contributed by atoms with E-state index in [-0.39, 0.29) is 23.4 Å². The first-order valence-electron chi connectivity index (χ1n) is 9.02. The number of hydrogen-bond donors (Lipinski definition) is 3. The van der Waals surface area contributed by atoms with E-state index in [1.54, 1.807) is 30.3 Å². The van der Waals surface area contributed by atoms with Gasteiger partial charge in [0, 0.05) is 11.6 Å². The van der Waals surface area contributed by atoms with Crippen LogP contribution in [0.3, 0.4) is 0 Å². The number of hydrazine groups is 1. The molecule has 0 spiro atoms. The van der Waals surface area contributed by atoms with Gasteiger partial charge in [-0.2, -0.15) is 0 Å². The predicted molar refractivity (Wildman–Crippen MR) is 101 cm³/mol. The van der Waals surface area contributed by atoms with Crippen molar-refractivity contribution >= 4 is 23.2 Å². The fourth-order valence-electron chi connectivity index (χ4n) is 3.14. The average Bonchev–Trinajstić information content (AvgIpc) is 2.95. The topological polar surface area (TPSA) is 122 Å². The normalized spacial score (nSPS) is 14.8. The monoisotopic (exact) mass is 370 g/mol. The second-order valence-corrected chi connectivity index (χ2v) is 6.45. The lowest BCUT2D eigenvalue weighted by Gasteiger charge is -2.17. The van der Waals surface area contributed by atoms with Crippen LogP contribution in [-0.4, -0.2) is 26.8 Å². The van der Waals surface area contributed by atoms with Crippen molar-refractivity contribution in [3.63, 3.8) is 0 Å². The number of carbonyl (C=O) groups excluding carboxylic acids is 1. The third-order valence-electron chi connectivity index (χ3n) is 4.53. The molecule has 0 bridgehead atoms. The Morgan fingerprint density at radius 2 is 1.70 bits per heavy atom. The minimum atomic E-state index is -0.546. The van der Waals surface area contributed by atoms with Crippen LogP contribution in [0.1, 0.15) is 48.9 Å². The number of hydrogen-bond acceptors (Lipinski definition) is 7. The van der Waals surface area contributed by atoms with Gasteiger partial charge in [0.05, 0.1) is 4.92 Å². The molecule has 1 amide bonds. The van der Waals surface area contributed by atoms with Gasteiger partial charge in [0.1, 0.15) is 6.33 Å². The zero-order chi connectivity index (χ0) is 19.1. The molecule has 9 heteroatoms. The molecular weight excluding hydrogens is 348 g/mol. The molecule has 142 valence electrons. The van der Waals surface area contributed by atoms with E-state index in [9.17, 15) is 14.9 Å². The third kappa shape index (κ3) is 4.90. The molecule has 27 heavy (non-hydrogen) atoms. The van der Waals surface area contributed by atoms with Crippen molar-refractivity contribution in [1.82, 2.24) is 15.4 Å². The van der Waals surface area contributed by atoms with E-state index in [0.717, 1.165) is 25.7 Å². The quantitative estimate of drug-likeness (QED) is 0.405. The maximum atomic E-state index is 12.1. The fraction of sp³-hybridized carbons (Fsp3) is 0.389. The van der Waals surface area contributed by atoms with E-state index in [1.807, 2.05) is 0 Å². The highest BCUT2D eigenvalue weighted by Gasteiger charge is 2.25. The summed E-state index contributed by atoms with van der Waals surface area (Å²) < 4.78 is 0. The largest absolute Gasteiger partial charge is 0.361 e. The Morgan fingerprint density at radius 3 is 2.37 bits per heavy atom. The van der Waals surface area contributed by atoms with Crippen molar-refractivity contribution < 1.29 is 9.72 Å². The van der Waals surface area contributed by atoms with Gasteiger partial charge in [0.15, 0.2) is 0 Å². The number of nitrogens with zero attached hydrogens (tertiary/aromatic N) is 3. The Balaban J connectivity index is 1.74. The first kappa shape index (κ1) is 18.6. The molecule has 9 nitrogen and oxygen atoms in total. The van der Waals surface area contributed by atoms with Crippen LogP contribution < -0.4 is 16.2 Å². The van der Waals surface area contributed by atoms with Gasteiger partial charge in [-0.3, -0.25) is 25.8 Å². The number of rotatable bonds is 6. The minimum Gasteiger partial charge on any atom is -0.361 e. The molecule has 1 heterocycles. The summed E-state index contributed by atoms with van der Waals surface area (Å²) in [5, 5.41) is 14.8. The van der Waals surface area contributed by atoms with Crippen LogP contribution in [-0.2, 0) is 0 Å². The van der Waals surface area contributed by atoms with Crippen LogP contribution in [0.2, 0.25) is 0 Å². The van der Waals surface area contributed by atoms with Gasteiger partial charge in [0.2, 0.25) is 11.6 Å². The highest BCUT2D eigenvalue weighted by Crippen LogP contribution is 2.30. The highest BCUT2D eigenvalue weighted by molar-refractivity contribution is 5.95. The van der Waals surface area contributed by atoms with E-state index in [4.69, 9.17) is 0 Å². The number of benzene rings is 1. The van der Waals surface area contributed by atoms with E-state index in [2.05, 4.69) is 26.1 Å². The number of aromatic nitrogens is 2. The van der Waals surface area contributed by atoms with Crippen LogP contribution in [0.4, 0.5) is 17.3 Å². The van der Waals surface area contributed by atoms with Gasteiger partial charge >= 0.3 is 5.69 Å². The second kappa shape index (κ2) is 8.93.